The molecule has 10 heteroatoms. The van der Waals surface area contributed by atoms with Gasteiger partial charge >= 0.3 is 0 Å². The molecule has 0 saturated carbocycles. The number of rotatable bonds is 7. The molecule has 1 aromatic heterocycles. The highest BCUT2D eigenvalue weighted by molar-refractivity contribution is 7.89. The normalized spacial score (nSPS) is 18.8. The molecular weight excluding hydrogens is 430 g/mol. The minimum absolute atomic E-state index is 0.0978. The number of anilines is 1. The summed E-state index contributed by atoms with van der Waals surface area (Å²) in [6, 6.07) is 8.01. The summed E-state index contributed by atoms with van der Waals surface area (Å²) in [5, 5.41) is 6.70. The third-order valence-electron chi connectivity index (χ3n) is 6.11. The van der Waals surface area contributed by atoms with Crippen LogP contribution in [0.5, 0.6) is 0 Å². The van der Waals surface area contributed by atoms with E-state index in [4.69, 9.17) is 4.52 Å². The fourth-order valence-electron chi connectivity index (χ4n) is 4.40. The molecule has 1 amide bonds. The minimum atomic E-state index is -3.65. The lowest BCUT2D eigenvalue weighted by Gasteiger charge is -2.33. The van der Waals surface area contributed by atoms with E-state index < -0.39 is 10.0 Å². The topological polar surface area (TPSA) is 99.0 Å². The van der Waals surface area contributed by atoms with Gasteiger partial charge in [0.2, 0.25) is 15.9 Å². The summed E-state index contributed by atoms with van der Waals surface area (Å²) in [4.78, 5) is 17.0. The van der Waals surface area contributed by atoms with E-state index in [0.717, 1.165) is 25.3 Å². The molecule has 0 aliphatic carbocycles. The van der Waals surface area contributed by atoms with Gasteiger partial charge in [0.05, 0.1) is 6.54 Å². The number of benzene rings is 1. The Morgan fingerprint density at radius 2 is 1.66 bits per heavy atom. The fourth-order valence-corrected chi connectivity index (χ4v) is 6.11. The van der Waals surface area contributed by atoms with Gasteiger partial charge in [0.25, 0.3) is 0 Å². The lowest BCUT2D eigenvalue weighted by molar-refractivity contribution is -0.117. The Morgan fingerprint density at radius 1 is 1.00 bits per heavy atom. The molecule has 1 aromatic carbocycles. The van der Waals surface area contributed by atoms with Crippen LogP contribution in [0.2, 0.25) is 0 Å². The molecule has 32 heavy (non-hydrogen) atoms. The number of hydrogen-bond donors (Lipinski definition) is 1. The van der Waals surface area contributed by atoms with Gasteiger partial charge in [0, 0.05) is 38.4 Å². The van der Waals surface area contributed by atoms with Crippen LogP contribution in [0.1, 0.15) is 29.9 Å². The molecule has 0 spiro atoms. The van der Waals surface area contributed by atoms with Crippen molar-refractivity contribution in [3.8, 4) is 0 Å². The molecule has 0 radical (unpaired) electrons. The summed E-state index contributed by atoms with van der Waals surface area (Å²) >= 11 is 0. The Balaban J connectivity index is 1.25. The molecule has 2 aliphatic rings. The van der Waals surface area contributed by atoms with Crippen molar-refractivity contribution < 1.29 is 17.7 Å². The SMILES string of the molecule is Cc1noc(C)c1S(=O)(=O)N1CCN(CC(=O)Nc2ccc(CN3CCCC3)cc2)CC1. The summed E-state index contributed by atoms with van der Waals surface area (Å²) in [5.41, 5.74) is 2.40. The number of sulfonamides is 1. The second kappa shape index (κ2) is 9.70. The third-order valence-corrected chi connectivity index (χ3v) is 8.25. The van der Waals surface area contributed by atoms with Gasteiger partial charge in [-0.2, -0.15) is 4.31 Å². The fraction of sp³-hybridized carbons (Fsp3) is 0.545. The predicted molar refractivity (Wildman–Crippen MR) is 121 cm³/mol. The molecule has 9 nitrogen and oxygen atoms in total. The highest BCUT2D eigenvalue weighted by atomic mass is 32.2. The zero-order chi connectivity index (χ0) is 22.7. The van der Waals surface area contributed by atoms with Crippen LogP contribution in [0.4, 0.5) is 5.69 Å². The summed E-state index contributed by atoms with van der Waals surface area (Å²) in [7, 11) is -3.65. The van der Waals surface area contributed by atoms with Gasteiger partial charge in [-0.1, -0.05) is 17.3 Å². The molecule has 2 fully saturated rings. The number of hydrogen-bond acceptors (Lipinski definition) is 7. The number of aromatic nitrogens is 1. The van der Waals surface area contributed by atoms with Crippen LogP contribution in [0.3, 0.4) is 0 Å². The lowest BCUT2D eigenvalue weighted by Crippen LogP contribution is -2.50. The average molecular weight is 462 g/mol. The molecule has 0 bridgehead atoms. The van der Waals surface area contributed by atoms with E-state index in [1.807, 2.05) is 17.0 Å². The monoisotopic (exact) mass is 461 g/mol. The Morgan fingerprint density at radius 3 is 2.25 bits per heavy atom. The van der Waals surface area contributed by atoms with Gasteiger partial charge in [-0.25, -0.2) is 8.42 Å². The number of nitrogens with zero attached hydrogens (tertiary/aromatic N) is 4. The number of carbonyl (C=O) groups is 1. The number of amides is 1. The summed E-state index contributed by atoms with van der Waals surface area (Å²) in [6.45, 7) is 8.36. The largest absolute Gasteiger partial charge is 0.360 e. The van der Waals surface area contributed by atoms with Crippen molar-refractivity contribution >= 4 is 21.6 Å². The Bertz CT molecular complexity index is 1020. The molecule has 4 rings (SSSR count). The van der Waals surface area contributed by atoms with E-state index in [-0.39, 0.29) is 17.3 Å². The van der Waals surface area contributed by atoms with Crippen LogP contribution < -0.4 is 5.32 Å². The predicted octanol–water partition coefficient (Wildman–Crippen LogP) is 1.83. The number of aryl methyl sites for hydroxylation is 2. The first-order valence-corrected chi connectivity index (χ1v) is 12.5. The van der Waals surface area contributed by atoms with Gasteiger partial charge in [0.15, 0.2) is 5.76 Å². The smallest absolute Gasteiger partial charge is 0.248 e. The molecule has 1 N–H and O–H groups in total. The third kappa shape index (κ3) is 5.20. The molecule has 3 heterocycles. The van der Waals surface area contributed by atoms with E-state index in [1.165, 1.54) is 22.7 Å². The summed E-state index contributed by atoms with van der Waals surface area (Å²) in [5.74, 6) is 0.204. The van der Waals surface area contributed by atoms with E-state index in [2.05, 4.69) is 27.5 Å². The van der Waals surface area contributed by atoms with Gasteiger partial charge in [0.1, 0.15) is 10.6 Å². The van der Waals surface area contributed by atoms with Crippen molar-refractivity contribution in [2.24, 2.45) is 0 Å². The quantitative estimate of drug-likeness (QED) is 0.672. The molecule has 0 unspecified atom stereocenters. The maximum absolute atomic E-state index is 12.9. The van der Waals surface area contributed by atoms with Gasteiger partial charge in [-0.05, 0) is 57.5 Å². The van der Waals surface area contributed by atoms with E-state index in [1.54, 1.807) is 13.8 Å². The zero-order valence-corrected chi connectivity index (χ0v) is 19.5. The molecule has 174 valence electrons. The van der Waals surface area contributed by atoms with Crippen molar-refractivity contribution in [1.82, 2.24) is 19.3 Å². The van der Waals surface area contributed by atoms with Crippen molar-refractivity contribution in [3.63, 3.8) is 0 Å². The Kier molecular flexibility index (Phi) is 6.94. The number of likely N-dealkylation sites (tertiary alicyclic amines) is 1. The van der Waals surface area contributed by atoms with Crippen LogP contribution in [0, 0.1) is 13.8 Å². The minimum Gasteiger partial charge on any atom is -0.360 e. The molecule has 2 aliphatic heterocycles. The highest BCUT2D eigenvalue weighted by Gasteiger charge is 2.33. The average Bonchev–Trinajstić information content (AvgIpc) is 3.39. The van der Waals surface area contributed by atoms with Gasteiger partial charge < -0.3 is 9.84 Å². The number of nitrogens with one attached hydrogen (secondary N) is 1. The standard InChI is InChI=1S/C22H31N5O4S/c1-17-22(18(2)31-24-17)32(29,30)27-13-11-26(12-14-27)16-21(28)23-20-7-5-19(6-8-20)15-25-9-3-4-10-25/h5-8H,3-4,9-16H2,1-2H3,(H,23,28). The number of carbonyl (C=O) groups excluding carboxylic acids is 1. The first-order chi connectivity index (χ1) is 15.3. The first kappa shape index (κ1) is 22.9. The first-order valence-electron chi connectivity index (χ1n) is 11.1. The van der Waals surface area contributed by atoms with Crippen molar-refractivity contribution in [3.05, 3.63) is 41.3 Å². The van der Waals surface area contributed by atoms with Crippen LogP contribution in [0.15, 0.2) is 33.7 Å². The molecule has 2 saturated heterocycles. The van der Waals surface area contributed by atoms with Crippen LogP contribution in [-0.2, 0) is 21.4 Å². The lowest BCUT2D eigenvalue weighted by atomic mass is 10.2. The van der Waals surface area contributed by atoms with Crippen molar-refractivity contribution in [2.45, 2.75) is 38.1 Å². The van der Waals surface area contributed by atoms with Gasteiger partial charge in [-0.15, -0.1) is 0 Å². The zero-order valence-electron chi connectivity index (χ0n) is 18.7. The Labute approximate surface area is 189 Å². The number of piperazine rings is 1. The molecule has 0 atom stereocenters. The highest BCUT2D eigenvalue weighted by Crippen LogP contribution is 2.24. The molecule has 2 aromatic rings. The van der Waals surface area contributed by atoms with Crippen molar-refractivity contribution in [1.29, 1.82) is 0 Å². The maximum atomic E-state index is 12.9. The van der Waals surface area contributed by atoms with Crippen molar-refractivity contribution in [2.75, 3.05) is 51.1 Å². The molecular formula is C22H31N5O4S. The van der Waals surface area contributed by atoms with Crippen LogP contribution in [-0.4, -0.2) is 79.4 Å². The summed E-state index contributed by atoms with van der Waals surface area (Å²) in [6.07, 6.45) is 2.54. The maximum Gasteiger partial charge on any atom is 0.248 e. The second-order valence-corrected chi connectivity index (χ2v) is 10.4. The van der Waals surface area contributed by atoms with Crippen LogP contribution in [0.25, 0.3) is 0 Å². The Hall–Kier alpha value is -2.27. The van der Waals surface area contributed by atoms with E-state index >= 15 is 0 Å². The van der Waals surface area contributed by atoms with E-state index in [9.17, 15) is 13.2 Å². The van der Waals surface area contributed by atoms with Gasteiger partial charge in [-0.3, -0.25) is 14.6 Å². The van der Waals surface area contributed by atoms with Crippen LogP contribution >= 0.6 is 0 Å². The second-order valence-electron chi connectivity index (χ2n) is 8.56. The summed E-state index contributed by atoms with van der Waals surface area (Å²) < 4.78 is 32.3. The van der Waals surface area contributed by atoms with E-state index in [0.29, 0.717) is 37.6 Å².